The molecule has 4 N–H and O–H groups in total. The fraction of sp³-hybridized carbons (Fsp3) is 0.250. The Hall–Kier alpha value is -8.28. The van der Waals surface area contributed by atoms with Crippen LogP contribution in [-0.4, -0.2) is 31.7 Å². The number of halogens is 1. The molecule has 5 heterocycles. The number of rotatable bonds is 14. The van der Waals surface area contributed by atoms with Gasteiger partial charge in [-0.1, -0.05) is 103 Å². The molecule has 84 heavy (non-hydrogen) atoms. The van der Waals surface area contributed by atoms with Gasteiger partial charge in [-0.15, -0.1) is 0 Å². The second-order valence-electron chi connectivity index (χ2n) is 20.4. The van der Waals surface area contributed by atoms with Crippen LogP contribution in [0.3, 0.4) is 0 Å². The van der Waals surface area contributed by atoms with Crippen molar-refractivity contribution >= 4 is 80.5 Å². The molecule has 0 aliphatic heterocycles. The van der Waals surface area contributed by atoms with E-state index in [1.54, 1.807) is 71.3 Å². The largest absolute Gasteiger partial charge is 0.326 e. The summed E-state index contributed by atoms with van der Waals surface area (Å²) in [6.45, 7) is 16.1. The van der Waals surface area contributed by atoms with Crippen LogP contribution < -0.4 is 38.3 Å². The molecular weight excluding hydrogens is 1140 g/mol. The highest BCUT2D eigenvalue weighted by Crippen LogP contribution is 2.20. The molecule has 436 valence electrons. The number of aryl methyl sites for hydroxylation is 6. The Labute approximate surface area is 498 Å². The first-order chi connectivity index (χ1) is 40.5. The molecule has 11 aromatic rings. The van der Waals surface area contributed by atoms with Crippen LogP contribution >= 0.6 is 15.9 Å². The molecule has 0 saturated carbocycles. The predicted octanol–water partition coefficient (Wildman–Crippen LogP) is 12.6. The highest BCUT2D eigenvalue weighted by Gasteiger charge is 2.14. The molecule has 0 bridgehead atoms. The first-order valence-electron chi connectivity index (χ1n) is 28.4. The number of pyridine rings is 5. The number of hydrogen-bond donors (Lipinski definition) is 3. The second kappa shape index (κ2) is 30.3. The lowest BCUT2D eigenvalue weighted by Crippen LogP contribution is -2.23. The molecule has 0 spiro atoms. The Balaban J connectivity index is 0.000000154. The van der Waals surface area contributed by atoms with Gasteiger partial charge in [0.25, 0.3) is 22.2 Å². The third-order valence-electron chi connectivity index (χ3n) is 13.9. The Morgan fingerprint density at radius 3 is 1.27 bits per heavy atom. The quantitative estimate of drug-likeness (QED) is 0.0895. The summed E-state index contributed by atoms with van der Waals surface area (Å²) in [6, 6.07) is 55.6. The van der Waals surface area contributed by atoms with Crippen LogP contribution in [0.15, 0.2) is 211 Å². The zero-order valence-electron chi connectivity index (χ0n) is 48.6. The summed E-state index contributed by atoms with van der Waals surface area (Å²) in [5.74, 6) is 0. The SMILES string of the molecule is CCCn1c(=O)ccc2cc(C)ccc21.CCCn1c(=O)ccc2cc(CBr)ccc21.CCCn1c(=O)ccc2cc(CN)ccc21.CCCn1c(=O)ccc2cc(CNS(=O)(=O)c3ccccc3)ccc21.Cc1ccc2[nH]c(=O)ccc2c1. The van der Waals surface area contributed by atoms with E-state index in [9.17, 15) is 32.4 Å². The minimum atomic E-state index is -3.54. The van der Waals surface area contributed by atoms with Crippen LogP contribution in [-0.2, 0) is 54.6 Å². The summed E-state index contributed by atoms with van der Waals surface area (Å²) < 4.78 is 34.4. The molecule has 5 aromatic heterocycles. The van der Waals surface area contributed by atoms with E-state index in [1.165, 1.54) is 16.7 Å². The van der Waals surface area contributed by atoms with Crippen molar-refractivity contribution in [3.05, 3.63) is 262 Å². The smallest absolute Gasteiger partial charge is 0.251 e. The summed E-state index contributed by atoms with van der Waals surface area (Å²) in [4.78, 5) is 61.0. The molecule has 0 radical (unpaired) electrons. The van der Waals surface area contributed by atoms with Gasteiger partial charge in [0, 0.05) is 80.4 Å². The lowest BCUT2D eigenvalue weighted by atomic mass is 10.1. The first kappa shape index (κ1) is 63.3. The van der Waals surface area contributed by atoms with E-state index in [1.807, 2.05) is 125 Å². The van der Waals surface area contributed by atoms with Gasteiger partial charge < -0.3 is 29.0 Å². The number of hydrogen-bond acceptors (Lipinski definition) is 8. The van der Waals surface area contributed by atoms with Crippen LogP contribution in [0.4, 0.5) is 0 Å². The van der Waals surface area contributed by atoms with E-state index >= 15 is 0 Å². The van der Waals surface area contributed by atoms with E-state index < -0.39 is 10.0 Å². The van der Waals surface area contributed by atoms with Crippen molar-refractivity contribution in [1.29, 1.82) is 0 Å². The summed E-state index contributed by atoms with van der Waals surface area (Å²) >= 11 is 3.44. The standard InChI is InChI=1S/C19H20N2O3S.C13H14BrNO.C13H16N2O.C13H15NO.C10H9NO/c1-2-12-21-18-10-8-15(13-16(18)9-11-19(21)22)14-20-25(23,24)17-6-4-3-5-7-17;2*1-2-7-15-12-5-3-10(9-14)8-11(12)4-6-13(15)16;1-3-8-14-12-6-4-10(2)9-11(12)5-7-13(14)15;1-7-2-4-9-8(6-7)3-5-10(12)11-9/h3-11,13,20H,2,12,14H2,1H3;3-6,8H,2,7,9H2,1H3;3-6,8H,2,7,9,14H2,1H3;4-7,9H,3,8H2,1-2H3;2-6H,1H3,(H,11,12). The molecule has 0 saturated heterocycles. The van der Waals surface area contributed by atoms with Gasteiger partial charge in [-0.3, -0.25) is 24.0 Å². The molecule has 0 aliphatic carbocycles. The molecular formula is C68H74BrN7O7S. The van der Waals surface area contributed by atoms with E-state index in [0.717, 1.165) is 116 Å². The van der Waals surface area contributed by atoms with Crippen LogP contribution in [0.2, 0.25) is 0 Å². The van der Waals surface area contributed by atoms with Crippen LogP contribution in [0.25, 0.3) is 54.5 Å². The number of aromatic amines is 1. The van der Waals surface area contributed by atoms with Crippen molar-refractivity contribution < 1.29 is 8.42 Å². The second-order valence-corrected chi connectivity index (χ2v) is 22.8. The monoisotopic (exact) mass is 1210 g/mol. The number of fused-ring (bicyclic) bond motifs is 5. The van der Waals surface area contributed by atoms with Gasteiger partial charge in [-0.25, -0.2) is 13.1 Å². The maximum Gasteiger partial charge on any atom is 0.251 e. The molecule has 0 amide bonds. The number of alkyl halides is 1. The van der Waals surface area contributed by atoms with Crippen molar-refractivity contribution in [2.24, 2.45) is 5.73 Å². The predicted molar refractivity (Wildman–Crippen MR) is 349 cm³/mol. The highest BCUT2D eigenvalue weighted by molar-refractivity contribution is 9.08. The average molecular weight is 1210 g/mol. The molecule has 0 unspecified atom stereocenters. The maximum atomic E-state index is 12.3. The minimum absolute atomic E-state index is 0.0214. The lowest BCUT2D eigenvalue weighted by Gasteiger charge is -2.11. The Morgan fingerprint density at radius 2 is 0.821 bits per heavy atom. The summed E-state index contributed by atoms with van der Waals surface area (Å²) in [6.07, 6.45) is 3.78. The van der Waals surface area contributed by atoms with Crippen LogP contribution in [0.1, 0.15) is 81.2 Å². The summed E-state index contributed by atoms with van der Waals surface area (Å²) in [5, 5.41) is 6.19. The normalized spacial score (nSPS) is 11.0. The third-order valence-corrected chi connectivity index (χ3v) is 16.0. The number of aromatic nitrogens is 5. The highest BCUT2D eigenvalue weighted by atomic mass is 79.9. The van der Waals surface area contributed by atoms with Gasteiger partial charge in [0.1, 0.15) is 0 Å². The first-order valence-corrected chi connectivity index (χ1v) is 31.0. The fourth-order valence-electron chi connectivity index (χ4n) is 9.75. The average Bonchev–Trinajstić information content (AvgIpc) is 2.93. The van der Waals surface area contributed by atoms with Gasteiger partial charge in [-0.05, 0) is 186 Å². The Bertz CT molecular complexity index is 4370. The molecule has 6 aromatic carbocycles. The molecule has 0 fully saturated rings. The van der Waals surface area contributed by atoms with Gasteiger partial charge in [0.15, 0.2) is 0 Å². The number of nitrogens with one attached hydrogen (secondary N) is 2. The Kier molecular flexibility index (Phi) is 22.9. The lowest BCUT2D eigenvalue weighted by molar-refractivity contribution is 0.581. The number of nitrogens with zero attached hydrogens (tertiary/aromatic N) is 4. The van der Waals surface area contributed by atoms with E-state index in [4.69, 9.17) is 5.73 Å². The fourth-order valence-corrected chi connectivity index (χ4v) is 11.1. The molecule has 16 heteroatoms. The third kappa shape index (κ3) is 16.5. The zero-order chi connectivity index (χ0) is 60.3. The topological polar surface area (TPSA) is 193 Å². The van der Waals surface area contributed by atoms with E-state index in [-0.39, 0.29) is 39.2 Å². The van der Waals surface area contributed by atoms with E-state index in [0.29, 0.717) is 13.1 Å². The minimum Gasteiger partial charge on any atom is -0.326 e. The summed E-state index contributed by atoms with van der Waals surface area (Å²) in [7, 11) is -3.54. The van der Waals surface area contributed by atoms with Gasteiger partial charge in [-0.2, -0.15) is 0 Å². The number of benzene rings is 6. The maximum absolute atomic E-state index is 12.3. The number of sulfonamides is 1. The van der Waals surface area contributed by atoms with Crippen molar-refractivity contribution in [2.45, 2.75) is 117 Å². The van der Waals surface area contributed by atoms with Crippen molar-refractivity contribution in [3.63, 3.8) is 0 Å². The zero-order valence-corrected chi connectivity index (χ0v) is 51.0. The summed E-state index contributed by atoms with van der Waals surface area (Å²) in [5.41, 5.74) is 16.2. The molecule has 11 rings (SSSR count). The van der Waals surface area contributed by atoms with Crippen LogP contribution in [0, 0.1) is 13.8 Å². The molecule has 0 aliphatic rings. The number of nitrogens with two attached hydrogens (primary N) is 1. The molecule has 0 atom stereocenters. The van der Waals surface area contributed by atoms with Gasteiger partial charge >= 0.3 is 0 Å². The van der Waals surface area contributed by atoms with Crippen molar-refractivity contribution in [2.75, 3.05) is 0 Å². The van der Waals surface area contributed by atoms with Crippen LogP contribution in [0.5, 0.6) is 0 Å². The molecule has 14 nitrogen and oxygen atoms in total. The van der Waals surface area contributed by atoms with E-state index in [2.05, 4.69) is 71.5 Å². The van der Waals surface area contributed by atoms with Crippen molar-refractivity contribution in [1.82, 2.24) is 28.0 Å². The Morgan fingerprint density at radius 1 is 0.440 bits per heavy atom. The number of H-pyrrole nitrogens is 1. The van der Waals surface area contributed by atoms with Gasteiger partial charge in [0.05, 0.1) is 27.0 Å². The van der Waals surface area contributed by atoms with Crippen molar-refractivity contribution in [3.8, 4) is 0 Å². The van der Waals surface area contributed by atoms with Gasteiger partial charge in [0.2, 0.25) is 15.6 Å².